The second-order valence-corrected chi connectivity index (χ2v) is 5.14. The number of sulfonamides is 1. The van der Waals surface area contributed by atoms with E-state index < -0.39 is 16.1 Å². The lowest BCUT2D eigenvalue weighted by molar-refractivity contribution is 0.265. The van der Waals surface area contributed by atoms with Crippen molar-refractivity contribution in [1.29, 1.82) is 0 Å². The summed E-state index contributed by atoms with van der Waals surface area (Å²) >= 11 is 0. The molecule has 1 atom stereocenters. The average molecular weight is 234 g/mol. The van der Waals surface area contributed by atoms with Crippen LogP contribution in [0.4, 0.5) is 0 Å². The molecule has 86 valence electrons. The first-order valence-electron chi connectivity index (χ1n) is 4.46. The van der Waals surface area contributed by atoms with Crippen LogP contribution in [0.15, 0.2) is 10.6 Å². The molecule has 1 heterocycles. The standard InChI is InChI=1S/C8H14N2O4S/c1-6(4-11)10-15(12,13)5-8-3-7(2)14-9-8/h3,6,10-11H,4-5H2,1-2H3/t6-/m0/s1. The summed E-state index contributed by atoms with van der Waals surface area (Å²) in [6.45, 7) is 3.02. The number of hydrogen-bond donors (Lipinski definition) is 2. The van der Waals surface area contributed by atoms with Crippen LogP contribution in [-0.4, -0.2) is 31.3 Å². The van der Waals surface area contributed by atoms with Gasteiger partial charge in [-0.2, -0.15) is 0 Å². The topological polar surface area (TPSA) is 92.4 Å². The first-order valence-corrected chi connectivity index (χ1v) is 6.11. The third-order valence-corrected chi connectivity index (χ3v) is 3.11. The molecule has 0 aliphatic carbocycles. The summed E-state index contributed by atoms with van der Waals surface area (Å²) in [6, 6.07) is 1.06. The molecule has 0 aromatic carbocycles. The Kier molecular flexibility index (Phi) is 3.83. The molecule has 7 heteroatoms. The van der Waals surface area contributed by atoms with Gasteiger partial charge in [-0.1, -0.05) is 5.16 Å². The van der Waals surface area contributed by atoms with Gasteiger partial charge >= 0.3 is 0 Å². The van der Waals surface area contributed by atoms with Gasteiger partial charge in [-0.25, -0.2) is 13.1 Å². The molecular formula is C8H14N2O4S. The molecule has 1 aromatic rings. The maximum absolute atomic E-state index is 11.5. The Morgan fingerprint density at radius 1 is 1.67 bits per heavy atom. The van der Waals surface area contributed by atoms with Gasteiger partial charge in [0, 0.05) is 12.1 Å². The van der Waals surface area contributed by atoms with Crippen molar-refractivity contribution in [2.24, 2.45) is 0 Å². The molecule has 0 radical (unpaired) electrons. The lowest BCUT2D eigenvalue weighted by atomic mass is 10.4. The van der Waals surface area contributed by atoms with Gasteiger partial charge in [-0.05, 0) is 13.8 Å². The fourth-order valence-corrected chi connectivity index (χ4v) is 2.36. The fraction of sp³-hybridized carbons (Fsp3) is 0.625. The van der Waals surface area contributed by atoms with E-state index in [1.807, 2.05) is 0 Å². The molecule has 6 nitrogen and oxygen atoms in total. The zero-order chi connectivity index (χ0) is 11.5. The van der Waals surface area contributed by atoms with Gasteiger partial charge in [-0.3, -0.25) is 0 Å². The largest absolute Gasteiger partial charge is 0.395 e. The predicted octanol–water partition coefficient (Wildman–Crippen LogP) is -0.217. The van der Waals surface area contributed by atoms with Crippen molar-refractivity contribution in [2.45, 2.75) is 25.6 Å². The second-order valence-electron chi connectivity index (χ2n) is 3.39. The van der Waals surface area contributed by atoms with E-state index >= 15 is 0 Å². The van der Waals surface area contributed by atoms with Crippen LogP contribution in [-0.2, 0) is 15.8 Å². The molecule has 0 saturated carbocycles. The van der Waals surface area contributed by atoms with Crippen molar-refractivity contribution in [3.05, 3.63) is 17.5 Å². The molecule has 0 saturated heterocycles. The van der Waals surface area contributed by atoms with Crippen molar-refractivity contribution in [3.8, 4) is 0 Å². The highest BCUT2D eigenvalue weighted by atomic mass is 32.2. The van der Waals surface area contributed by atoms with Crippen molar-refractivity contribution >= 4 is 10.0 Å². The minimum atomic E-state index is -3.47. The fourth-order valence-electron chi connectivity index (χ4n) is 1.07. The summed E-state index contributed by atoms with van der Waals surface area (Å²) in [5.74, 6) is 0.324. The summed E-state index contributed by atoms with van der Waals surface area (Å²) < 4.78 is 30.0. The molecule has 2 N–H and O–H groups in total. The molecule has 0 bridgehead atoms. The first-order chi connectivity index (χ1) is 6.93. The number of rotatable bonds is 5. The second kappa shape index (κ2) is 4.73. The van der Waals surface area contributed by atoms with Crippen molar-refractivity contribution in [3.63, 3.8) is 0 Å². The van der Waals surface area contributed by atoms with Crippen molar-refractivity contribution < 1.29 is 18.0 Å². The first kappa shape index (κ1) is 12.2. The Bertz CT molecular complexity index is 412. The Morgan fingerprint density at radius 2 is 2.33 bits per heavy atom. The summed E-state index contributed by atoms with van der Waals surface area (Å²) in [6.07, 6.45) is 0. The van der Waals surface area contributed by atoms with Gasteiger partial charge in [-0.15, -0.1) is 0 Å². The SMILES string of the molecule is Cc1cc(CS(=O)(=O)N[C@@H](C)CO)no1. The van der Waals surface area contributed by atoms with Crippen LogP contribution in [0.25, 0.3) is 0 Å². The number of nitrogens with one attached hydrogen (secondary N) is 1. The van der Waals surface area contributed by atoms with Crippen molar-refractivity contribution in [1.82, 2.24) is 9.88 Å². The van der Waals surface area contributed by atoms with E-state index in [4.69, 9.17) is 9.63 Å². The van der Waals surface area contributed by atoms with Gasteiger partial charge in [0.2, 0.25) is 10.0 Å². The summed E-state index contributed by atoms with van der Waals surface area (Å²) in [4.78, 5) is 0. The third kappa shape index (κ3) is 3.98. The third-order valence-electron chi connectivity index (χ3n) is 1.67. The summed E-state index contributed by atoms with van der Waals surface area (Å²) in [5.41, 5.74) is 0.352. The molecular weight excluding hydrogens is 220 g/mol. The lowest BCUT2D eigenvalue weighted by Crippen LogP contribution is -2.35. The molecule has 0 amide bonds. The van der Waals surface area contributed by atoms with E-state index in [1.165, 1.54) is 0 Å². The zero-order valence-electron chi connectivity index (χ0n) is 8.60. The highest BCUT2D eigenvalue weighted by Crippen LogP contribution is 2.05. The Hall–Kier alpha value is -0.920. The van der Waals surface area contributed by atoms with Crippen LogP contribution in [0.2, 0.25) is 0 Å². The molecule has 0 unspecified atom stereocenters. The van der Waals surface area contributed by atoms with E-state index in [1.54, 1.807) is 19.9 Å². The summed E-state index contributed by atoms with van der Waals surface area (Å²) in [5, 5.41) is 12.3. The molecule has 0 aliphatic rings. The minimum absolute atomic E-state index is 0.239. The maximum Gasteiger partial charge on any atom is 0.217 e. The number of aromatic nitrogens is 1. The number of hydrogen-bond acceptors (Lipinski definition) is 5. The normalized spacial score (nSPS) is 14.1. The molecule has 1 rings (SSSR count). The molecule has 15 heavy (non-hydrogen) atoms. The van der Waals surface area contributed by atoms with Crippen molar-refractivity contribution in [2.75, 3.05) is 6.61 Å². The van der Waals surface area contributed by atoms with Gasteiger partial charge in [0.05, 0.1) is 6.61 Å². The minimum Gasteiger partial charge on any atom is -0.395 e. The smallest absolute Gasteiger partial charge is 0.217 e. The van der Waals surface area contributed by atoms with E-state index in [2.05, 4.69) is 9.88 Å². The number of aryl methyl sites for hydroxylation is 1. The van der Waals surface area contributed by atoms with Crippen LogP contribution in [0.1, 0.15) is 18.4 Å². The van der Waals surface area contributed by atoms with Gasteiger partial charge in [0.15, 0.2) is 0 Å². The lowest BCUT2D eigenvalue weighted by Gasteiger charge is -2.09. The quantitative estimate of drug-likeness (QED) is 0.735. The molecule has 0 spiro atoms. The highest BCUT2D eigenvalue weighted by Gasteiger charge is 2.16. The predicted molar refractivity (Wildman–Crippen MR) is 53.5 cm³/mol. The molecule has 0 fully saturated rings. The zero-order valence-corrected chi connectivity index (χ0v) is 9.41. The van der Waals surface area contributed by atoms with Crippen LogP contribution >= 0.6 is 0 Å². The number of aliphatic hydroxyl groups is 1. The highest BCUT2D eigenvalue weighted by molar-refractivity contribution is 7.88. The molecule has 0 aliphatic heterocycles. The van der Waals surface area contributed by atoms with Crippen LogP contribution in [0.5, 0.6) is 0 Å². The van der Waals surface area contributed by atoms with E-state index in [0.29, 0.717) is 11.5 Å². The Morgan fingerprint density at radius 3 is 2.80 bits per heavy atom. The van der Waals surface area contributed by atoms with Crippen LogP contribution in [0, 0.1) is 6.92 Å². The van der Waals surface area contributed by atoms with E-state index in [-0.39, 0.29) is 12.4 Å². The number of aliphatic hydroxyl groups excluding tert-OH is 1. The monoisotopic (exact) mass is 234 g/mol. The van der Waals surface area contributed by atoms with Gasteiger partial charge in [0.1, 0.15) is 17.2 Å². The average Bonchev–Trinajstić information content (AvgIpc) is 2.49. The van der Waals surface area contributed by atoms with Crippen LogP contribution < -0.4 is 4.72 Å². The maximum atomic E-state index is 11.5. The molecule has 1 aromatic heterocycles. The van der Waals surface area contributed by atoms with Gasteiger partial charge < -0.3 is 9.63 Å². The number of nitrogens with zero attached hydrogens (tertiary/aromatic N) is 1. The van der Waals surface area contributed by atoms with E-state index in [0.717, 1.165) is 0 Å². The Balaban J connectivity index is 2.64. The summed E-state index contributed by atoms with van der Waals surface area (Å²) in [7, 11) is -3.47. The van der Waals surface area contributed by atoms with Crippen LogP contribution in [0.3, 0.4) is 0 Å². The Labute approximate surface area is 88.3 Å². The van der Waals surface area contributed by atoms with Gasteiger partial charge in [0.25, 0.3) is 0 Å². The van der Waals surface area contributed by atoms with E-state index in [9.17, 15) is 8.42 Å².